The number of aryl methyl sites for hydroxylation is 1. The summed E-state index contributed by atoms with van der Waals surface area (Å²) in [6.45, 7) is 2.66. The van der Waals surface area contributed by atoms with Gasteiger partial charge in [-0.25, -0.2) is 9.97 Å². The van der Waals surface area contributed by atoms with Crippen molar-refractivity contribution >= 4 is 5.91 Å². The predicted octanol–water partition coefficient (Wildman–Crippen LogP) is 2.28. The van der Waals surface area contributed by atoms with E-state index in [0.717, 1.165) is 31.5 Å². The topological polar surface area (TPSA) is 85.0 Å². The number of likely N-dealkylation sites (tertiary alicyclic amines) is 1. The number of carbonyl (C=O) groups is 1. The first-order valence-corrected chi connectivity index (χ1v) is 8.22. The van der Waals surface area contributed by atoms with Crippen molar-refractivity contribution in [1.29, 1.82) is 0 Å². The first kappa shape index (κ1) is 14.3. The summed E-state index contributed by atoms with van der Waals surface area (Å²) in [5, 5.41) is 4.04. The van der Waals surface area contributed by atoms with Gasteiger partial charge in [0.2, 0.25) is 5.89 Å². The van der Waals surface area contributed by atoms with Crippen molar-refractivity contribution < 1.29 is 9.32 Å². The molecule has 7 nitrogen and oxygen atoms in total. The third-order valence-electron chi connectivity index (χ3n) is 4.43. The van der Waals surface area contributed by atoms with Crippen molar-refractivity contribution in [2.24, 2.45) is 0 Å². The molecule has 1 aliphatic heterocycles. The van der Waals surface area contributed by atoms with Gasteiger partial charge < -0.3 is 9.42 Å². The van der Waals surface area contributed by atoms with Crippen molar-refractivity contribution in [3.8, 4) is 0 Å². The van der Waals surface area contributed by atoms with E-state index in [9.17, 15) is 4.79 Å². The van der Waals surface area contributed by atoms with Crippen molar-refractivity contribution in [3.05, 3.63) is 35.5 Å². The van der Waals surface area contributed by atoms with Gasteiger partial charge in [0, 0.05) is 25.1 Å². The number of nitrogens with zero attached hydrogens (tertiary/aromatic N) is 5. The Kier molecular flexibility index (Phi) is 3.55. The van der Waals surface area contributed by atoms with Gasteiger partial charge in [0.25, 0.3) is 5.91 Å². The quantitative estimate of drug-likeness (QED) is 0.861. The normalized spacial score (nSPS) is 20.9. The molecule has 1 aliphatic carbocycles. The van der Waals surface area contributed by atoms with E-state index >= 15 is 0 Å². The summed E-state index contributed by atoms with van der Waals surface area (Å²) >= 11 is 0. The summed E-state index contributed by atoms with van der Waals surface area (Å²) in [5.74, 6) is 2.36. The van der Waals surface area contributed by atoms with E-state index in [4.69, 9.17) is 4.52 Å². The fraction of sp³-hybridized carbons (Fsp3) is 0.562. The standard InChI is InChI=1S/C16H19N5O2/c1-2-13-19-15(20-23-13)12-4-3-9-21(12)16(22)11-7-8-17-14(18-11)10-5-6-10/h7-8,10,12H,2-6,9H2,1H3. The summed E-state index contributed by atoms with van der Waals surface area (Å²) in [4.78, 5) is 27.8. The van der Waals surface area contributed by atoms with Crippen LogP contribution in [0, 0.1) is 0 Å². The van der Waals surface area contributed by atoms with Crippen LogP contribution in [0.1, 0.15) is 72.6 Å². The lowest BCUT2D eigenvalue weighted by Crippen LogP contribution is -2.32. The van der Waals surface area contributed by atoms with E-state index in [-0.39, 0.29) is 11.9 Å². The molecule has 2 fully saturated rings. The molecule has 2 aliphatic rings. The second kappa shape index (κ2) is 5.72. The molecule has 0 bridgehead atoms. The fourth-order valence-corrected chi connectivity index (χ4v) is 3.00. The Balaban J connectivity index is 1.58. The van der Waals surface area contributed by atoms with E-state index in [1.54, 1.807) is 12.3 Å². The summed E-state index contributed by atoms with van der Waals surface area (Å²) in [6, 6.07) is 1.57. The van der Waals surface area contributed by atoms with Gasteiger partial charge in [-0.15, -0.1) is 0 Å². The van der Waals surface area contributed by atoms with Gasteiger partial charge in [0.1, 0.15) is 11.5 Å². The van der Waals surface area contributed by atoms with Crippen LogP contribution in [0.3, 0.4) is 0 Å². The molecule has 2 aromatic rings. The highest BCUT2D eigenvalue weighted by molar-refractivity contribution is 5.92. The molecule has 1 unspecified atom stereocenters. The highest BCUT2D eigenvalue weighted by atomic mass is 16.5. The minimum atomic E-state index is -0.120. The lowest BCUT2D eigenvalue weighted by Gasteiger charge is -2.21. The molecule has 2 aromatic heterocycles. The van der Waals surface area contributed by atoms with Crippen molar-refractivity contribution in [3.63, 3.8) is 0 Å². The Morgan fingerprint density at radius 2 is 2.17 bits per heavy atom. The third-order valence-corrected chi connectivity index (χ3v) is 4.43. The Hall–Kier alpha value is -2.31. The van der Waals surface area contributed by atoms with E-state index in [0.29, 0.717) is 36.3 Å². The van der Waals surface area contributed by atoms with Gasteiger partial charge in [-0.1, -0.05) is 12.1 Å². The molecule has 0 spiro atoms. The summed E-state index contributed by atoms with van der Waals surface area (Å²) in [6.07, 6.45) is 6.41. The molecule has 120 valence electrons. The summed E-state index contributed by atoms with van der Waals surface area (Å²) in [5.41, 5.74) is 0.466. The first-order valence-electron chi connectivity index (χ1n) is 8.22. The van der Waals surface area contributed by atoms with Crippen LogP contribution in [0.4, 0.5) is 0 Å². The SMILES string of the molecule is CCc1nc(C2CCCN2C(=O)c2ccnc(C3CC3)n2)no1. The van der Waals surface area contributed by atoms with Crippen LogP contribution in [0.2, 0.25) is 0 Å². The minimum absolute atomic E-state index is 0.0698. The van der Waals surface area contributed by atoms with Gasteiger partial charge in [-0.3, -0.25) is 4.79 Å². The average molecular weight is 313 g/mol. The maximum atomic E-state index is 12.9. The minimum Gasteiger partial charge on any atom is -0.339 e. The second-order valence-electron chi connectivity index (χ2n) is 6.13. The van der Waals surface area contributed by atoms with Gasteiger partial charge in [-0.2, -0.15) is 4.98 Å². The maximum absolute atomic E-state index is 12.9. The van der Waals surface area contributed by atoms with Crippen LogP contribution < -0.4 is 0 Å². The highest BCUT2D eigenvalue weighted by Gasteiger charge is 2.35. The Morgan fingerprint density at radius 3 is 2.91 bits per heavy atom. The first-order chi connectivity index (χ1) is 11.3. The van der Waals surface area contributed by atoms with E-state index in [2.05, 4.69) is 20.1 Å². The molecule has 23 heavy (non-hydrogen) atoms. The number of hydrogen-bond donors (Lipinski definition) is 0. The molecule has 0 radical (unpaired) electrons. The number of aromatic nitrogens is 4. The maximum Gasteiger partial charge on any atom is 0.273 e. The van der Waals surface area contributed by atoms with Gasteiger partial charge in [0.05, 0.1) is 6.04 Å². The molecule has 3 heterocycles. The van der Waals surface area contributed by atoms with Crippen LogP contribution in [0.15, 0.2) is 16.8 Å². The van der Waals surface area contributed by atoms with Crippen molar-refractivity contribution in [2.75, 3.05) is 6.54 Å². The lowest BCUT2D eigenvalue weighted by molar-refractivity contribution is 0.0721. The smallest absolute Gasteiger partial charge is 0.273 e. The van der Waals surface area contributed by atoms with E-state index in [1.807, 2.05) is 11.8 Å². The molecule has 1 saturated carbocycles. The molecular weight excluding hydrogens is 294 g/mol. The lowest BCUT2D eigenvalue weighted by atomic mass is 10.2. The number of rotatable bonds is 4. The summed E-state index contributed by atoms with van der Waals surface area (Å²) < 4.78 is 5.19. The number of amides is 1. The monoisotopic (exact) mass is 313 g/mol. The fourth-order valence-electron chi connectivity index (χ4n) is 3.00. The predicted molar refractivity (Wildman–Crippen MR) is 80.7 cm³/mol. The molecular formula is C16H19N5O2. The highest BCUT2D eigenvalue weighted by Crippen LogP contribution is 2.38. The van der Waals surface area contributed by atoms with Crippen LogP contribution in [0.25, 0.3) is 0 Å². The van der Waals surface area contributed by atoms with Crippen LogP contribution in [-0.4, -0.2) is 37.5 Å². The number of hydrogen-bond acceptors (Lipinski definition) is 6. The molecule has 1 amide bonds. The average Bonchev–Trinajstić information content (AvgIpc) is 3.13. The number of carbonyl (C=O) groups excluding carboxylic acids is 1. The van der Waals surface area contributed by atoms with Gasteiger partial charge in [-0.05, 0) is 31.7 Å². The third kappa shape index (κ3) is 2.71. The van der Waals surface area contributed by atoms with E-state index in [1.165, 1.54) is 0 Å². The van der Waals surface area contributed by atoms with Crippen LogP contribution >= 0.6 is 0 Å². The van der Waals surface area contributed by atoms with Crippen LogP contribution in [-0.2, 0) is 6.42 Å². The van der Waals surface area contributed by atoms with Gasteiger partial charge in [0.15, 0.2) is 5.82 Å². The van der Waals surface area contributed by atoms with Crippen LogP contribution in [0.5, 0.6) is 0 Å². The Bertz CT molecular complexity index is 725. The van der Waals surface area contributed by atoms with Gasteiger partial charge >= 0.3 is 0 Å². The molecule has 1 saturated heterocycles. The van der Waals surface area contributed by atoms with Crippen molar-refractivity contribution in [1.82, 2.24) is 25.0 Å². The zero-order chi connectivity index (χ0) is 15.8. The van der Waals surface area contributed by atoms with E-state index < -0.39 is 0 Å². The molecule has 0 aromatic carbocycles. The Morgan fingerprint density at radius 1 is 1.30 bits per heavy atom. The molecule has 1 atom stereocenters. The van der Waals surface area contributed by atoms with Crippen molar-refractivity contribution in [2.45, 2.75) is 51.0 Å². The Labute approximate surface area is 134 Å². The molecule has 4 rings (SSSR count). The second-order valence-corrected chi connectivity index (χ2v) is 6.13. The molecule has 7 heteroatoms. The largest absolute Gasteiger partial charge is 0.339 e. The molecule has 0 N–H and O–H groups in total. The summed E-state index contributed by atoms with van der Waals surface area (Å²) in [7, 11) is 0. The zero-order valence-corrected chi connectivity index (χ0v) is 13.1. The zero-order valence-electron chi connectivity index (χ0n) is 13.1.